The first-order chi connectivity index (χ1) is 7.56. The maximum absolute atomic E-state index is 10.1. The number of hydrogen-bond donors (Lipinski definition) is 1. The van der Waals surface area contributed by atoms with E-state index >= 15 is 0 Å². The maximum atomic E-state index is 10.1. The van der Waals surface area contributed by atoms with Crippen molar-refractivity contribution in [2.24, 2.45) is 0 Å². The molecule has 0 aliphatic carbocycles. The minimum Gasteiger partial charge on any atom is -0.287 e. The number of benzene rings is 1. The number of nitrogens with zero attached hydrogens (tertiary/aromatic N) is 1. The molecule has 1 unspecified atom stereocenters. The molecule has 2 rings (SSSR count). The molecule has 1 aliphatic heterocycles. The molecule has 0 fully saturated rings. The lowest BCUT2D eigenvalue weighted by molar-refractivity contribution is 0.244. The van der Waals surface area contributed by atoms with Crippen LogP contribution >= 0.6 is 65.7 Å². The highest BCUT2D eigenvalue weighted by atomic mass is 32.2. The normalized spacial score (nSPS) is 15.2. The lowest BCUT2D eigenvalue weighted by Crippen LogP contribution is -2.29. The van der Waals surface area contributed by atoms with Crippen LogP contribution in [0, 0.1) is 13.8 Å². The Morgan fingerprint density at radius 2 is 1.80 bits per heavy atom. The second kappa shape index (κ2) is 10.6. The Kier molecular flexibility index (Phi) is 13.8. The molecule has 0 aromatic heterocycles. The molecule has 1 heterocycles. The lowest BCUT2D eigenvalue weighted by atomic mass is 10.1. The summed E-state index contributed by atoms with van der Waals surface area (Å²) < 4.78 is 0. The minimum atomic E-state index is 0. The van der Waals surface area contributed by atoms with E-state index in [2.05, 4.69) is 37.1 Å². The zero-order chi connectivity index (χ0) is 11.9. The molecule has 8 heteroatoms. The third kappa shape index (κ3) is 4.72. The summed E-state index contributed by atoms with van der Waals surface area (Å²) in [5, 5.41) is 12.7. The van der Waals surface area contributed by atoms with E-state index in [9.17, 15) is 5.21 Å². The number of thioether (sulfide) groups is 1. The van der Waals surface area contributed by atoms with Crippen LogP contribution in [0.4, 0.5) is 5.69 Å². The van der Waals surface area contributed by atoms with Gasteiger partial charge in [-0.15, -0.1) is 0 Å². The van der Waals surface area contributed by atoms with Crippen LogP contribution in [0.5, 0.6) is 0 Å². The van der Waals surface area contributed by atoms with Gasteiger partial charge in [0.05, 0.1) is 15.9 Å². The maximum Gasteiger partial charge on any atom is 0.106 e. The molecule has 1 aromatic rings. The summed E-state index contributed by atoms with van der Waals surface area (Å²) in [6.45, 7) is 6.32. The number of fused-ring (bicyclic) bond motifs is 1. The zero-order valence-corrected chi connectivity index (χ0v) is 17.7. The van der Waals surface area contributed by atoms with E-state index < -0.39 is 0 Å². The van der Waals surface area contributed by atoms with Gasteiger partial charge in [0.25, 0.3) is 0 Å². The summed E-state index contributed by atoms with van der Waals surface area (Å²) in [5.41, 5.74) is 3.40. The van der Waals surface area contributed by atoms with Crippen molar-refractivity contribution < 1.29 is 5.21 Å². The fourth-order valence-corrected chi connectivity index (χ4v) is 3.90. The molecule has 2 nitrogen and oxygen atoms in total. The van der Waals surface area contributed by atoms with Gasteiger partial charge in [-0.1, -0.05) is 25.1 Å². The lowest BCUT2D eigenvalue weighted by Gasteiger charge is -2.20. The quantitative estimate of drug-likeness (QED) is 0.791. The molecule has 0 spiro atoms. The molecule has 1 aromatic carbocycles. The molecule has 0 bridgehead atoms. The second-order valence-electron chi connectivity index (χ2n) is 4.25. The van der Waals surface area contributed by atoms with Crippen LogP contribution in [0.1, 0.15) is 30.9 Å². The molecule has 0 saturated carbocycles. The third-order valence-electron chi connectivity index (χ3n) is 3.08. The number of hydroxylamine groups is 1. The molecule has 0 saturated heterocycles. The summed E-state index contributed by atoms with van der Waals surface area (Å²) in [7, 11) is 3.64. The summed E-state index contributed by atoms with van der Waals surface area (Å²) in [5.74, 6) is 0. The van der Waals surface area contributed by atoms with Crippen LogP contribution in [-0.4, -0.2) is 20.8 Å². The van der Waals surface area contributed by atoms with Gasteiger partial charge >= 0.3 is 0 Å². The minimum absolute atomic E-state index is 0. The van der Waals surface area contributed by atoms with Gasteiger partial charge in [-0.05, 0) is 42.6 Å². The van der Waals surface area contributed by atoms with Crippen LogP contribution < -0.4 is 10.2 Å². The van der Waals surface area contributed by atoms with Gasteiger partial charge in [0.1, 0.15) is 5.37 Å². The largest absolute Gasteiger partial charge is 0.287 e. The highest BCUT2D eigenvalue weighted by molar-refractivity contribution is 8.00. The van der Waals surface area contributed by atoms with Gasteiger partial charge in [-0.2, -0.15) is 54.0 Å². The Hall–Kier alpha value is 0.947. The molecule has 117 valence electrons. The summed E-state index contributed by atoms with van der Waals surface area (Å²) in [6.07, 6.45) is 2.08. The predicted molar refractivity (Wildman–Crippen MR) is 112 cm³/mol. The molecular formula is C12H24NOS5Si. The van der Waals surface area contributed by atoms with E-state index in [0.717, 1.165) is 23.7 Å². The first-order valence-corrected chi connectivity index (χ1v) is 6.94. The summed E-state index contributed by atoms with van der Waals surface area (Å²) >= 11 is 1.75. The van der Waals surface area contributed by atoms with Gasteiger partial charge in [0.2, 0.25) is 0 Å². The molecule has 20 heavy (non-hydrogen) atoms. The average Bonchev–Trinajstić information content (AvgIpc) is 2.53. The van der Waals surface area contributed by atoms with Crippen LogP contribution in [0.15, 0.2) is 11.0 Å². The summed E-state index contributed by atoms with van der Waals surface area (Å²) in [6, 6.07) is 2.16. The van der Waals surface area contributed by atoms with Gasteiger partial charge in [-0.25, -0.2) is 5.06 Å². The Balaban J connectivity index is -0.000000722. The monoisotopic (exact) mass is 386 g/mol. The zero-order valence-electron chi connectivity index (χ0n) is 11.9. The topological polar surface area (TPSA) is 23.5 Å². The standard InChI is InChI=1S/C12H16NOSSi.4H2S/c1-4-5-10-13(14)11-9(15-10)6-7(2)8(3)12(11)16;;;;/h6,10,14H,4-5H2,1-3H3;4*1H2. The smallest absolute Gasteiger partial charge is 0.106 e. The van der Waals surface area contributed by atoms with Crippen molar-refractivity contribution in [3.63, 3.8) is 0 Å². The van der Waals surface area contributed by atoms with Crippen molar-refractivity contribution in [3.8, 4) is 0 Å². The Morgan fingerprint density at radius 3 is 2.30 bits per heavy atom. The van der Waals surface area contributed by atoms with Gasteiger partial charge in [0.15, 0.2) is 0 Å². The van der Waals surface area contributed by atoms with Crippen molar-refractivity contribution in [3.05, 3.63) is 17.2 Å². The SMILES string of the molecule is CCCC1Sc2cc(C)c(C)c([Si])c2N1O.S.S.S.S. The third-order valence-corrected chi connectivity index (χ3v) is 4.97. The Labute approximate surface area is 157 Å². The van der Waals surface area contributed by atoms with Crippen molar-refractivity contribution in [1.82, 2.24) is 0 Å². The van der Waals surface area contributed by atoms with Crippen molar-refractivity contribution >= 4 is 86.9 Å². The number of hydrogen-bond acceptors (Lipinski definition) is 3. The van der Waals surface area contributed by atoms with Crippen molar-refractivity contribution in [2.45, 2.75) is 43.9 Å². The van der Waals surface area contributed by atoms with Crippen molar-refractivity contribution in [1.29, 1.82) is 0 Å². The molecule has 1 aliphatic rings. The van der Waals surface area contributed by atoms with Crippen LogP contribution in [-0.2, 0) is 0 Å². The van der Waals surface area contributed by atoms with Crippen LogP contribution in [0.3, 0.4) is 0 Å². The van der Waals surface area contributed by atoms with E-state index in [1.165, 1.54) is 21.1 Å². The number of rotatable bonds is 2. The number of aryl methyl sites for hydroxylation is 1. The van der Waals surface area contributed by atoms with E-state index in [-0.39, 0.29) is 59.4 Å². The van der Waals surface area contributed by atoms with Gasteiger partial charge in [-0.3, -0.25) is 5.21 Å². The molecular weight excluding hydrogens is 363 g/mol. The Morgan fingerprint density at radius 1 is 1.25 bits per heavy atom. The van der Waals surface area contributed by atoms with Gasteiger partial charge in [0, 0.05) is 4.90 Å². The second-order valence-corrected chi connectivity index (χ2v) is 5.97. The Bertz CT molecular complexity index is 433. The molecule has 3 radical (unpaired) electrons. The van der Waals surface area contributed by atoms with Crippen LogP contribution in [0.2, 0.25) is 0 Å². The molecule has 0 amide bonds. The van der Waals surface area contributed by atoms with E-state index in [4.69, 9.17) is 0 Å². The predicted octanol–water partition coefficient (Wildman–Crippen LogP) is 2.98. The molecule has 1 atom stereocenters. The highest BCUT2D eigenvalue weighted by Crippen LogP contribution is 2.43. The van der Waals surface area contributed by atoms with Crippen LogP contribution in [0.25, 0.3) is 0 Å². The summed E-state index contributed by atoms with van der Waals surface area (Å²) in [4.78, 5) is 1.18. The fourth-order valence-electron chi connectivity index (χ4n) is 1.96. The van der Waals surface area contributed by atoms with Gasteiger partial charge < -0.3 is 0 Å². The van der Waals surface area contributed by atoms with E-state index in [1.54, 1.807) is 11.8 Å². The van der Waals surface area contributed by atoms with Crippen molar-refractivity contribution in [2.75, 3.05) is 5.06 Å². The molecule has 1 N–H and O–H groups in total. The first-order valence-electron chi connectivity index (χ1n) is 5.56. The fraction of sp³-hybridized carbons (Fsp3) is 0.500. The van der Waals surface area contributed by atoms with E-state index in [1.807, 2.05) is 0 Å². The average molecular weight is 387 g/mol. The first kappa shape index (κ1) is 25.9. The highest BCUT2D eigenvalue weighted by Gasteiger charge is 2.30. The number of anilines is 1. The van der Waals surface area contributed by atoms with E-state index in [0.29, 0.717) is 0 Å².